The van der Waals surface area contributed by atoms with Gasteiger partial charge in [-0.15, -0.1) is 6.58 Å². The van der Waals surface area contributed by atoms with Crippen LogP contribution < -0.4 is 0 Å². The van der Waals surface area contributed by atoms with Gasteiger partial charge in [0.1, 0.15) is 0 Å². The normalized spacial score (nSPS) is 18.6. The first-order valence-corrected chi connectivity index (χ1v) is 8.80. The third-order valence-corrected chi connectivity index (χ3v) is 4.98. The smallest absolute Gasteiger partial charge is 0.0948 e. The number of hydrogen-bond donors (Lipinski definition) is 0. The molecule has 0 bridgehead atoms. The first kappa shape index (κ1) is 11.5. The summed E-state index contributed by atoms with van der Waals surface area (Å²) in [5.74, 6) is 0. The fourth-order valence-electron chi connectivity index (χ4n) is 1.67. The molecule has 78 valence electrons. The lowest BCUT2D eigenvalue weighted by atomic mass is 9.95. The molecule has 0 atom stereocenters. The van der Waals surface area contributed by atoms with E-state index in [1.807, 2.05) is 0 Å². The molecule has 0 aromatic heterocycles. The number of rotatable bonds is 3. The lowest BCUT2D eigenvalue weighted by molar-refractivity contribution is 0.599. The maximum Gasteiger partial charge on any atom is 0.0948 e. The van der Waals surface area contributed by atoms with Crippen LogP contribution in [0.5, 0.6) is 0 Å². The number of hydrogen-bond acceptors (Lipinski definition) is 0. The summed E-state index contributed by atoms with van der Waals surface area (Å²) in [6.45, 7) is 8.52. The third kappa shape index (κ3) is 4.10. The second kappa shape index (κ2) is 5.35. The maximum atomic E-state index is 3.89. The largest absolute Gasteiger partial charge is 0.107 e. The summed E-state index contributed by atoms with van der Waals surface area (Å²) >= 11 is 0. The summed E-state index contributed by atoms with van der Waals surface area (Å²) in [6.07, 6.45) is 11.4. The molecule has 0 unspecified atom stereocenters. The average Bonchev–Trinajstić information content (AvgIpc) is 2.19. The van der Waals surface area contributed by atoms with E-state index in [1.54, 1.807) is 5.57 Å². The monoisotopic (exact) mass is 206 g/mol. The molecule has 1 rings (SSSR count). The Morgan fingerprint density at radius 1 is 1.14 bits per heavy atom. The quantitative estimate of drug-likeness (QED) is 0.600. The zero-order chi connectivity index (χ0) is 10.4. The van der Waals surface area contributed by atoms with Crippen LogP contribution in [-0.4, -0.2) is 8.07 Å². The Morgan fingerprint density at radius 2 is 1.79 bits per heavy atom. The molecule has 0 heterocycles. The summed E-state index contributed by atoms with van der Waals surface area (Å²) in [4.78, 5) is 0. The predicted octanol–water partition coefficient (Wildman–Crippen LogP) is 4.41. The van der Waals surface area contributed by atoms with Crippen LogP contribution in [0.3, 0.4) is 0 Å². The van der Waals surface area contributed by atoms with Gasteiger partial charge in [0, 0.05) is 0 Å². The van der Waals surface area contributed by atoms with Crippen LogP contribution >= 0.6 is 0 Å². The summed E-state index contributed by atoms with van der Waals surface area (Å²) in [5, 5.41) is 0. The molecule has 0 N–H and O–H groups in total. The van der Waals surface area contributed by atoms with Crippen molar-refractivity contribution in [3.8, 4) is 0 Å². The summed E-state index contributed by atoms with van der Waals surface area (Å²) in [5.41, 5.74) is 6.13. The van der Waals surface area contributed by atoms with Crippen molar-refractivity contribution in [1.82, 2.24) is 0 Å². The molecule has 0 aromatic rings. The fraction of sp³-hybridized carbons (Fsp3) is 0.538. The molecular formula is C13H22Si. The van der Waals surface area contributed by atoms with Crippen LogP contribution in [0.25, 0.3) is 0 Å². The highest BCUT2D eigenvalue weighted by molar-refractivity contribution is 6.86. The summed E-state index contributed by atoms with van der Waals surface area (Å²) in [6, 6.07) is 0. The van der Waals surface area contributed by atoms with E-state index in [2.05, 4.69) is 43.2 Å². The highest BCUT2D eigenvalue weighted by Gasteiger charge is 2.09. The Kier molecular flexibility index (Phi) is 4.40. The van der Waals surface area contributed by atoms with E-state index in [1.165, 1.54) is 32.1 Å². The topological polar surface area (TPSA) is 0 Å². The van der Waals surface area contributed by atoms with Gasteiger partial charge in [-0.25, -0.2) is 0 Å². The molecule has 0 amide bonds. The SMILES string of the molecule is C=C[Si](C)(C)/C=C/C=C1CCCCC1. The second-order valence-electron chi connectivity index (χ2n) is 4.77. The molecule has 1 aliphatic carbocycles. The summed E-state index contributed by atoms with van der Waals surface area (Å²) < 4.78 is 0. The van der Waals surface area contributed by atoms with Crippen molar-refractivity contribution in [2.24, 2.45) is 0 Å². The Balaban J connectivity index is 2.48. The van der Waals surface area contributed by atoms with E-state index < -0.39 is 8.07 Å². The minimum atomic E-state index is -1.22. The van der Waals surface area contributed by atoms with Crippen LogP contribution in [0.1, 0.15) is 32.1 Å². The van der Waals surface area contributed by atoms with Crippen LogP contribution in [0.15, 0.2) is 35.7 Å². The van der Waals surface area contributed by atoms with Gasteiger partial charge in [0.05, 0.1) is 8.07 Å². The molecule has 0 radical (unpaired) electrons. The number of allylic oxidation sites excluding steroid dienone is 3. The zero-order valence-electron chi connectivity index (χ0n) is 9.55. The Labute approximate surface area is 89.4 Å². The van der Waals surface area contributed by atoms with Crippen molar-refractivity contribution in [2.75, 3.05) is 0 Å². The van der Waals surface area contributed by atoms with Crippen molar-refractivity contribution in [1.29, 1.82) is 0 Å². The van der Waals surface area contributed by atoms with Crippen LogP contribution in [0, 0.1) is 0 Å². The van der Waals surface area contributed by atoms with Crippen LogP contribution in [-0.2, 0) is 0 Å². The molecule has 0 saturated heterocycles. The lowest BCUT2D eigenvalue weighted by Gasteiger charge is -2.13. The zero-order valence-corrected chi connectivity index (χ0v) is 10.6. The van der Waals surface area contributed by atoms with E-state index in [-0.39, 0.29) is 0 Å². The van der Waals surface area contributed by atoms with Gasteiger partial charge in [-0.3, -0.25) is 0 Å². The minimum absolute atomic E-state index is 1.22. The van der Waals surface area contributed by atoms with Gasteiger partial charge in [-0.1, -0.05) is 48.6 Å². The molecule has 1 aliphatic rings. The van der Waals surface area contributed by atoms with E-state index in [0.717, 1.165) is 0 Å². The lowest BCUT2D eigenvalue weighted by Crippen LogP contribution is -2.18. The average molecular weight is 206 g/mol. The highest BCUT2D eigenvalue weighted by atomic mass is 28.3. The van der Waals surface area contributed by atoms with Crippen molar-refractivity contribution in [3.63, 3.8) is 0 Å². The van der Waals surface area contributed by atoms with Crippen molar-refractivity contribution in [3.05, 3.63) is 35.7 Å². The van der Waals surface area contributed by atoms with Gasteiger partial charge in [-0.2, -0.15) is 0 Å². The van der Waals surface area contributed by atoms with Gasteiger partial charge < -0.3 is 0 Å². The first-order valence-electron chi connectivity index (χ1n) is 5.65. The van der Waals surface area contributed by atoms with Crippen molar-refractivity contribution < 1.29 is 0 Å². The third-order valence-electron chi connectivity index (χ3n) is 2.88. The first-order chi connectivity index (χ1) is 6.64. The molecular weight excluding hydrogens is 184 g/mol. The predicted molar refractivity (Wildman–Crippen MR) is 68.0 cm³/mol. The van der Waals surface area contributed by atoms with E-state index in [9.17, 15) is 0 Å². The molecule has 14 heavy (non-hydrogen) atoms. The molecule has 1 saturated carbocycles. The van der Waals surface area contributed by atoms with Crippen molar-refractivity contribution >= 4 is 8.07 Å². The standard InChI is InChI=1S/C13H22Si/c1-4-14(2,3)12-8-11-13-9-6-5-7-10-13/h4,8,11-12H,1,5-7,9-10H2,2-3H3/b12-8+. The Bertz CT molecular complexity index is 238. The second-order valence-corrected chi connectivity index (χ2v) is 9.15. The van der Waals surface area contributed by atoms with Gasteiger partial charge in [0.25, 0.3) is 0 Å². The van der Waals surface area contributed by atoms with E-state index in [0.29, 0.717) is 0 Å². The molecule has 0 nitrogen and oxygen atoms in total. The molecule has 0 spiro atoms. The fourth-order valence-corrected chi connectivity index (χ4v) is 2.40. The van der Waals surface area contributed by atoms with E-state index >= 15 is 0 Å². The molecule has 1 fully saturated rings. The molecule has 0 aromatic carbocycles. The van der Waals surface area contributed by atoms with Crippen LogP contribution in [0.4, 0.5) is 0 Å². The van der Waals surface area contributed by atoms with Crippen molar-refractivity contribution in [2.45, 2.75) is 45.2 Å². The van der Waals surface area contributed by atoms with Gasteiger partial charge in [0.15, 0.2) is 0 Å². The van der Waals surface area contributed by atoms with Gasteiger partial charge in [-0.05, 0) is 25.7 Å². The molecule has 1 heteroatoms. The highest BCUT2D eigenvalue weighted by Crippen LogP contribution is 2.22. The molecule has 0 aliphatic heterocycles. The van der Waals surface area contributed by atoms with Gasteiger partial charge in [0.2, 0.25) is 0 Å². The van der Waals surface area contributed by atoms with Gasteiger partial charge >= 0.3 is 0 Å². The Morgan fingerprint density at radius 3 is 2.36 bits per heavy atom. The summed E-state index contributed by atoms with van der Waals surface area (Å²) in [7, 11) is -1.22. The maximum absolute atomic E-state index is 3.89. The Hall–Kier alpha value is -0.563. The van der Waals surface area contributed by atoms with Crippen LogP contribution in [0.2, 0.25) is 13.1 Å². The minimum Gasteiger partial charge on any atom is -0.107 e. The van der Waals surface area contributed by atoms with E-state index in [4.69, 9.17) is 0 Å².